The van der Waals surface area contributed by atoms with Gasteiger partial charge in [0.1, 0.15) is 0 Å². The molecule has 2 heterocycles. The lowest BCUT2D eigenvalue weighted by atomic mass is 9.97. The molecule has 0 saturated carbocycles. The second-order valence-corrected chi connectivity index (χ2v) is 4.70. The fourth-order valence-corrected chi connectivity index (χ4v) is 2.33. The van der Waals surface area contributed by atoms with Crippen molar-refractivity contribution < 1.29 is 14.3 Å². The van der Waals surface area contributed by atoms with E-state index in [2.05, 4.69) is 5.10 Å². The number of esters is 1. The SMILES string of the molecule is COC(=O)C1CCN(C(=O)CCn2cccn2)CC1. The third-order valence-corrected chi connectivity index (χ3v) is 3.50. The lowest BCUT2D eigenvalue weighted by Gasteiger charge is -2.30. The third-order valence-electron chi connectivity index (χ3n) is 3.50. The van der Waals surface area contributed by atoms with Crippen LogP contribution in [0.5, 0.6) is 0 Å². The molecule has 6 nitrogen and oxygen atoms in total. The quantitative estimate of drug-likeness (QED) is 0.751. The number of amides is 1. The van der Waals surface area contributed by atoms with E-state index in [0.29, 0.717) is 38.9 Å². The highest BCUT2D eigenvalue weighted by molar-refractivity contribution is 5.77. The van der Waals surface area contributed by atoms with E-state index in [1.807, 2.05) is 17.2 Å². The zero-order chi connectivity index (χ0) is 13.7. The predicted molar refractivity (Wildman–Crippen MR) is 68.2 cm³/mol. The Morgan fingerprint density at radius 3 is 2.68 bits per heavy atom. The molecule has 1 fully saturated rings. The highest BCUT2D eigenvalue weighted by Crippen LogP contribution is 2.19. The summed E-state index contributed by atoms with van der Waals surface area (Å²) in [6.45, 7) is 1.87. The maximum atomic E-state index is 12.0. The number of hydrogen-bond donors (Lipinski definition) is 0. The van der Waals surface area contributed by atoms with E-state index in [0.717, 1.165) is 0 Å². The van der Waals surface area contributed by atoms with Gasteiger partial charge in [-0.1, -0.05) is 0 Å². The molecule has 0 atom stereocenters. The van der Waals surface area contributed by atoms with Crippen LogP contribution < -0.4 is 0 Å². The first-order valence-corrected chi connectivity index (χ1v) is 6.53. The Kier molecular flexibility index (Phi) is 4.54. The van der Waals surface area contributed by atoms with Crippen molar-refractivity contribution in [2.45, 2.75) is 25.8 Å². The van der Waals surface area contributed by atoms with Crippen molar-refractivity contribution >= 4 is 11.9 Å². The van der Waals surface area contributed by atoms with Crippen LogP contribution in [-0.2, 0) is 20.9 Å². The van der Waals surface area contributed by atoms with Gasteiger partial charge in [-0.2, -0.15) is 5.10 Å². The molecule has 0 aromatic carbocycles. The number of piperidine rings is 1. The average Bonchev–Trinajstić information content (AvgIpc) is 2.97. The summed E-state index contributed by atoms with van der Waals surface area (Å²) < 4.78 is 6.48. The highest BCUT2D eigenvalue weighted by atomic mass is 16.5. The molecule has 6 heteroatoms. The molecule has 1 saturated heterocycles. The highest BCUT2D eigenvalue weighted by Gasteiger charge is 2.27. The minimum atomic E-state index is -0.163. The number of ether oxygens (including phenoxy) is 1. The third kappa shape index (κ3) is 3.56. The normalized spacial score (nSPS) is 16.4. The Morgan fingerprint density at radius 2 is 2.11 bits per heavy atom. The summed E-state index contributed by atoms with van der Waals surface area (Å²) in [7, 11) is 1.41. The predicted octanol–water partition coefficient (Wildman–Crippen LogP) is 0.685. The molecule has 0 radical (unpaired) electrons. The Balaban J connectivity index is 1.74. The molecule has 1 aliphatic heterocycles. The number of methoxy groups -OCH3 is 1. The fraction of sp³-hybridized carbons (Fsp3) is 0.615. The molecule has 19 heavy (non-hydrogen) atoms. The maximum absolute atomic E-state index is 12.0. The molecule has 1 aliphatic rings. The van der Waals surface area contributed by atoms with E-state index >= 15 is 0 Å². The number of carbonyl (C=O) groups is 2. The van der Waals surface area contributed by atoms with Gasteiger partial charge in [0.25, 0.3) is 0 Å². The first-order chi connectivity index (χ1) is 9.20. The zero-order valence-corrected chi connectivity index (χ0v) is 11.1. The van der Waals surface area contributed by atoms with Crippen molar-refractivity contribution in [2.75, 3.05) is 20.2 Å². The molecule has 0 bridgehead atoms. The number of hydrogen-bond acceptors (Lipinski definition) is 4. The summed E-state index contributed by atoms with van der Waals surface area (Å²) in [6, 6.07) is 1.84. The van der Waals surface area contributed by atoms with Gasteiger partial charge in [0.15, 0.2) is 0 Å². The minimum Gasteiger partial charge on any atom is -0.469 e. The van der Waals surface area contributed by atoms with Crippen LogP contribution in [0.4, 0.5) is 0 Å². The van der Waals surface area contributed by atoms with Gasteiger partial charge in [-0.25, -0.2) is 0 Å². The molecule has 0 N–H and O–H groups in total. The number of nitrogens with zero attached hydrogens (tertiary/aromatic N) is 3. The topological polar surface area (TPSA) is 64.4 Å². The molecule has 2 rings (SSSR count). The van der Waals surface area contributed by atoms with Gasteiger partial charge in [0.2, 0.25) is 5.91 Å². The molecule has 0 spiro atoms. The largest absolute Gasteiger partial charge is 0.469 e. The van der Waals surface area contributed by atoms with Crippen molar-refractivity contribution in [3.63, 3.8) is 0 Å². The summed E-state index contributed by atoms with van der Waals surface area (Å²) in [5.41, 5.74) is 0. The minimum absolute atomic E-state index is 0.0554. The average molecular weight is 265 g/mol. The first kappa shape index (κ1) is 13.6. The van der Waals surface area contributed by atoms with E-state index in [1.165, 1.54) is 7.11 Å². The molecule has 104 valence electrons. The van der Waals surface area contributed by atoms with Crippen molar-refractivity contribution in [3.8, 4) is 0 Å². The number of carbonyl (C=O) groups excluding carboxylic acids is 2. The number of aryl methyl sites for hydroxylation is 1. The summed E-state index contributed by atoms with van der Waals surface area (Å²) in [4.78, 5) is 25.2. The molecule has 0 aliphatic carbocycles. The van der Waals surface area contributed by atoms with Crippen LogP contribution in [0.1, 0.15) is 19.3 Å². The van der Waals surface area contributed by atoms with Crippen LogP contribution in [0, 0.1) is 5.92 Å². The van der Waals surface area contributed by atoms with E-state index in [-0.39, 0.29) is 17.8 Å². The van der Waals surface area contributed by atoms with Gasteiger partial charge in [-0.05, 0) is 18.9 Å². The van der Waals surface area contributed by atoms with Gasteiger partial charge in [-0.15, -0.1) is 0 Å². The molecule has 1 aromatic rings. The number of likely N-dealkylation sites (tertiary alicyclic amines) is 1. The van der Waals surface area contributed by atoms with Gasteiger partial charge in [-0.3, -0.25) is 14.3 Å². The maximum Gasteiger partial charge on any atom is 0.308 e. The zero-order valence-electron chi connectivity index (χ0n) is 11.1. The van der Waals surface area contributed by atoms with Crippen LogP contribution in [0.15, 0.2) is 18.5 Å². The Hall–Kier alpha value is -1.85. The van der Waals surface area contributed by atoms with Crippen molar-refractivity contribution in [1.82, 2.24) is 14.7 Å². The van der Waals surface area contributed by atoms with Crippen molar-refractivity contribution in [3.05, 3.63) is 18.5 Å². The van der Waals surface area contributed by atoms with Crippen molar-refractivity contribution in [1.29, 1.82) is 0 Å². The first-order valence-electron chi connectivity index (χ1n) is 6.53. The summed E-state index contributed by atoms with van der Waals surface area (Å²) in [5, 5.41) is 4.06. The van der Waals surface area contributed by atoms with E-state index in [4.69, 9.17) is 4.74 Å². The van der Waals surface area contributed by atoms with E-state index < -0.39 is 0 Å². The standard InChI is InChI=1S/C13H19N3O3/c1-19-13(18)11-3-8-15(9-4-11)12(17)5-10-16-7-2-6-14-16/h2,6-7,11H,3-5,8-10H2,1H3. The summed E-state index contributed by atoms with van der Waals surface area (Å²) >= 11 is 0. The number of aromatic nitrogens is 2. The van der Waals surface area contributed by atoms with Crippen LogP contribution in [0.25, 0.3) is 0 Å². The van der Waals surface area contributed by atoms with Gasteiger partial charge in [0, 0.05) is 38.4 Å². The van der Waals surface area contributed by atoms with Gasteiger partial charge >= 0.3 is 5.97 Å². The summed E-state index contributed by atoms with van der Waals surface area (Å²) in [6.07, 6.45) is 5.38. The molecular formula is C13H19N3O3. The van der Waals surface area contributed by atoms with Crippen LogP contribution in [0.3, 0.4) is 0 Å². The lowest BCUT2D eigenvalue weighted by Crippen LogP contribution is -2.40. The van der Waals surface area contributed by atoms with Crippen LogP contribution in [-0.4, -0.2) is 46.8 Å². The van der Waals surface area contributed by atoms with Gasteiger partial charge in [0.05, 0.1) is 13.0 Å². The Labute approximate surface area is 112 Å². The molecule has 0 unspecified atom stereocenters. The second kappa shape index (κ2) is 6.36. The Morgan fingerprint density at radius 1 is 1.37 bits per heavy atom. The monoisotopic (exact) mass is 265 g/mol. The Bertz CT molecular complexity index is 422. The van der Waals surface area contributed by atoms with Crippen molar-refractivity contribution in [2.24, 2.45) is 5.92 Å². The van der Waals surface area contributed by atoms with E-state index in [1.54, 1.807) is 10.9 Å². The lowest BCUT2D eigenvalue weighted by molar-refractivity contribution is -0.148. The summed E-state index contributed by atoms with van der Waals surface area (Å²) in [5.74, 6) is -0.0948. The van der Waals surface area contributed by atoms with Crippen LogP contribution >= 0.6 is 0 Å². The van der Waals surface area contributed by atoms with Gasteiger partial charge < -0.3 is 9.64 Å². The fourth-order valence-electron chi connectivity index (χ4n) is 2.33. The molecular weight excluding hydrogens is 246 g/mol. The van der Waals surface area contributed by atoms with Crippen LogP contribution in [0.2, 0.25) is 0 Å². The molecule has 1 amide bonds. The van der Waals surface area contributed by atoms with E-state index in [9.17, 15) is 9.59 Å². The second-order valence-electron chi connectivity index (χ2n) is 4.70. The smallest absolute Gasteiger partial charge is 0.308 e. The molecule has 1 aromatic heterocycles. The number of rotatable bonds is 4.